The number of anilines is 1. The molecule has 0 spiro atoms. The molecule has 3 rings (SSSR count). The van der Waals surface area contributed by atoms with Gasteiger partial charge in [0.2, 0.25) is 0 Å². The molecule has 1 saturated heterocycles. The Bertz CT molecular complexity index is 987. The van der Waals surface area contributed by atoms with Gasteiger partial charge in [-0.3, -0.25) is 24.3 Å². The molecule has 5 N–H and O–H groups in total. The number of likely N-dealkylation sites (N-methyl/N-ethyl adjacent to an activating group) is 1. The van der Waals surface area contributed by atoms with Crippen molar-refractivity contribution in [2.75, 3.05) is 18.9 Å². The monoisotopic (exact) mass is 436 g/mol. The van der Waals surface area contributed by atoms with Crippen molar-refractivity contribution in [3.05, 3.63) is 53.9 Å². The number of amidine groups is 1. The third kappa shape index (κ3) is 3.76. The molecular weight excluding hydrogens is 411 g/mol. The second-order valence-electron chi connectivity index (χ2n) is 7.89. The summed E-state index contributed by atoms with van der Waals surface area (Å²) in [6.45, 7) is 4.78. The van der Waals surface area contributed by atoms with E-state index in [4.69, 9.17) is 5.41 Å². The number of carbonyl (C=O) groups excluding carboxylic acids is 1. The van der Waals surface area contributed by atoms with Crippen molar-refractivity contribution in [1.82, 2.24) is 19.6 Å². The Morgan fingerprint density at radius 3 is 2.67 bits per heavy atom. The number of nitrogens with zero attached hydrogens (tertiary/aromatic N) is 3. The summed E-state index contributed by atoms with van der Waals surface area (Å²) in [7, 11) is -1.82. The average molecular weight is 437 g/mol. The van der Waals surface area contributed by atoms with Crippen molar-refractivity contribution in [1.29, 1.82) is 5.41 Å². The smallest absolute Gasteiger partial charge is 0.275 e. The van der Waals surface area contributed by atoms with E-state index in [1.807, 2.05) is 0 Å². The number of amides is 1. The quantitative estimate of drug-likeness (QED) is 0.499. The maximum absolute atomic E-state index is 14.8. The van der Waals surface area contributed by atoms with Crippen LogP contribution in [0.5, 0.6) is 0 Å². The number of carbonyl (C=O) groups is 1. The minimum Gasteiger partial charge on any atom is -0.361 e. The first kappa shape index (κ1) is 22.1. The summed E-state index contributed by atoms with van der Waals surface area (Å²) >= 11 is 0. The highest BCUT2D eigenvalue weighted by Gasteiger charge is 2.49. The van der Waals surface area contributed by atoms with Gasteiger partial charge in [0.05, 0.1) is 11.7 Å². The zero-order valence-electron chi connectivity index (χ0n) is 17.1. The van der Waals surface area contributed by atoms with Gasteiger partial charge in [0.1, 0.15) is 22.1 Å². The minimum atomic E-state index is -3.34. The lowest BCUT2D eigenvalue weighted by molar-refractivity contribution is 0.102. The third-order valence-corrected chi connectivity index (χ3v) is 7.85. The fraction of sp³-hybridized carbons (Fsp3) is 0.368. The molecule has 1 amide bonds. The number of rotatable bonds is 3. The van der Waals surface area contributed by atoms with Crippen LogP contribution in [-0.2, 0) is 5.54 Å². The molecule has 1 aliphatic rings. The molecule has 2 heterocycles. The molecular formula is C19H25FN6O3S. The van der Waals surface area contributed by atoms with Gasteiger partial charge in [0.15, 0.2) is 0 Å². The number of benzene rings is 1. The Morgan fingerprint density at radius 1 is 1.33 bits per heavy atom. The predicted molar refractivity (Wildman–Crippen MR) is 114 cm³/mol. The SMILES string of the molecule is CN1C[C@@](C)(c2cc(NC(=O)c3cnccn3)ccc2F)NC(=N)C(C)(C)S1(O)O. The molecule has 0 radical (unpaired) electrons. The second-order valence-corrected chi connectivity index (χ2v) is 10.6. The summed E-state index contributed by atoms with van der Waals surface area (Å²) in [6.07, 6.45) is 4.16. The van der Waals surface area contributed by atoms with Crippen LogP contribution in [0.3, 0.4) is 0 Å². The van der Waals surface area contributed by atoms with Crippen LogP contribution < -0.4 is 10.6 Å². The van der Waals surface area contributed by atoms with Gasteiger partial charge in [-0.05, 0) is 39.0 Å². The Hall–Kier alpha value is -2.60. The van der Waals surface area contributed by atoms with Gasteiger partial charge in [0, 0.05) is 37.2 Å². The first-order valence-corrected chi connectivity index (χ1v) is 10.6. The van der Waals surface area contributed by atoms with Crippen molar-refractivity contribution in [3.8, 4) is 0 Å². The molecule has 1 fully saturated rings. The van der Waals surface area contributed by atoms with Gasteiger partial charge in [0.25, 0.3) is 5.91 Å². The van der Waals surface area contributed by atoms with Crippen molar-refractivity contribution in [3.63, 3.8) is 0 Å². The molecule has 0 aliphatic carbocycles. The van der Waals surface area contributed by atoms with E-state index in [-0.39, 0.29) is 23.6 Å². The van der Waals surface area contributed by atoms with Gasteiger partial charge in [-0.2, -0.15) is 0 Å². The molecule has 0 unspecified atom stereocenters. The zero-order valence-corrected chi connectivity index (χ0v) is 17.9. The van der Waals surface area contributed by atoms with Crippen molar-refractivity contribution < 1.29 is 18.3 Å². The van der Waals surface area contributed by atoms with Crippen LogP contribution in [0, 0.1) is 11.2 Å². The fourth-order valence-corrected chi connectivity index (χ4v) is 4.86. The summed E-state index contributed by atoms with van der Waals surface area (Å²) in [6, 6.07) is 4.09. The molecule has 0 saturated carbocycles. The maximum Gasteiger partial charge on any atom is 0.275 e. The summed E-state index contributed by atoms with van der Waals surface area (Å²) in [5.74, 6) is -1.18. The molecule has 9 nitrogen and oxygen atoms in total. The van der Waals surface area contributed by atoms with Crippen LogP contribution in [0.25, 0.3) is 0 Å². The van der Waals surface area contributed by atoms with Crippen LogP contribution in [-0.4, -0.2) is 53.5 Å². The molecule has 0 bridgehead atoms. The molecule has 1 aromatic carbocycles. The number of hydrogen-bond donors (Lipinski definition) is 5. The minimum absolute atomic E-state index is 0.0135. The van der Waals surface area contributed by atoms with Gasteiger partial charge >= 0.3 is 0 Å². The summed E-state index contributed by atoms with van der Waals surface area (Å²) in [5.41, 5.74) is -0.557. The standard InChI is InChI=1S/C19H25FN6O3S/c1-18(2)17(21)25-19(3,11-26(4)30(18,28)29)13-9-12(5-6-14(13)20)24-16(27)15-10-22-7-8-23-15/h5-10,28-29H,11H2,1-4H3,(H2,21,25)(H,24,27)/t19-/m0/s1. The number of hydrogen-bond acceptors (Lipinski definition) is 7. The summed E-state index contributed by atoms with van der Waals surface area (Å²) in [5, 5.41) is 14.0. The van der Waals surface area contributed by atoms with Crippen molar-refractivity contribution in [2.24, 2.45) is 0 Å². The first-order chi connectivity index (χ1) is 13.9. The predicted octanol–water partition coefficient (Wildman–Crippen LogP) is 3.04. The Labute approximate surface area is 175 Å². The highest BCUT2D eigenvalue weighted by Crippen LogP contribution is 2.57. The number of nitrogens with one attached hydrogen (secondary N) is 3. The number of aromatic nitrogens is 2. The van der Waals surface area contributed by atoms with E-state index in [0.717, 1.165) is 0 Å². The van der Waals surface area contributed by atoms with E-state index in [0.29, 0.717) is 5.69 Å². The molecule has 1 aromatic heterocycles. The molecule has 162 valence electrons. The van der Waals surface area contributed by atoms with Crippen LogP contribution in [0.4, 0.5) is 10.1 Å². The Balaban J connectivity index is 1.97. The van der Waals surface area contributed by atoms with Gasteiger partial charge in [-0.1, -0.05) is 0 Å². The molecule has 1 aliphatic heterocycles. The lowest BCUT2D eigenvalue weighted by Crippen LogP contribution is -2.51. The molecule has 30 heavy (non-hydrogen) atoms. The first-order valence-electron chi connectivity index (χ1n) is 9.12. The van der Waals surface area contributed by atoms with E-state index < -0.39 is 32.8 Å². The summed E-state index contributed by atoms with van der Waals surface area (Å²) in [4.78, 5) is 20.2. The molecule has 2 aromatic rings. The zero-order chi connectivity index (χ0) is 22.3. The third-order valence-electron chi connectivity index (χ3n) is 5.28. The van der Waals surface area contributed by atoms with E-state index in [9.17, 15) is 18.3 Å². The van der Waals surface area contributed by atoms with E-state index in [1.54, 1.807) is 20.8 Å². The maximum atomic E-state index is 14.8. The molecule has 1 atom stereocenters. The molecule has 11 heteroatoms. The topological polar surface area (TPSA) is 134 Å². The van der Waals surface area contributed by atoms with Crippen LogP contribution in [0.2, 0.25) is 0 Å². The normalized spacial score (nSPS) is 24.4. The fourth-order valence-electron chi connectivity index (χ4n) is 3.32. The lowest BCUT2D eigenvalue weighted by atomic mass is 9.90. The van der Waals surface area contributed by atoms with Gasteiger partial charge < -0.3 is 10.6 Å². The van der Waals surface area contributed by atoms with Crippen molar-refractivity contribution >= 4 is 28.2 Å². The highest BCUT2D eigenvalue weighted by molar-refractivity contribution is 8.24. The van der Waals surface area contributed by atoms with Crippen molar-refractivity contribution in [2.45, 2.75) is 31.1 Å². The van der Waals surface area contributed by atoms with E-state index >= 15 is 0 Å². The Kier molecular flexibility index (Phi) is 5.58. The summed E-state index contributed by atoms with van der Waals surface area (Å²) < 4.78 is 36.3. The van der Waals surface area contributed by atoms with Crippen LogP contribution in [0.1, 0.15) is 36.8 Å². The second kappa shape index (κ2) is 7.58. The average Bonchev–Trinajstić information content (AvgIpc) is 2.73. The van der Waals surface area contributed by atoms with Gasteiger partial charge in [-0.25, -0.2) is 13.7 Å². The van der Waals surface area contributed by atoms with Crippen LogP contribution >= 0.6 is 10.8 Å². The van der Waals surface area contributed by atoms with E-state index in [2.05, 4.69) is 20.6 Å². The highest BCUT2D eigenvalue weighted by atomic mass is 32.3. The van der Waals surface area contributed by atoms with Gasteiger partial charge in [-0.15, -0.1) is 10.8 Å². The number of halogens is 1. The van der Waals surface area contributed by atoms with E-state index in [1.165, 1.54) is 48.1 Å². The van der Waals surface area contributed by atoms with Crippen LogP contribution in [0.15, 0.2) is 36.8 Å². The largest absolute Gasteiger partial charge is 0.361 e. The lowest BCUT2D eigenvalue weighted by Gasteiger charge is -2.49. The Morgan fingerprint density at radius 2 is 2.03 bits per heavy atom.